The van der Waals surface area contributed by atoms with Crippen LogP contribution in [-0.4, -0.2) is 59.2 Å². The van der Waals surface area contributed by atoms with E-state index >= 15 is 0 Å². The molecule has 4 aromatic rings. The van der Waals surface area contributed by atoms with Crippen LogP contribution >= 0.6 is 0 Å². The number of nitrogens with one attached hydrogen (secondary N) is 1. The lowest BCUT2D eigenvalue weighted by molar-refractivity contribution is -0.146. The molecule has 0 aliphatic heterocycles. The van der Waals surface area contributed by atoms with Gasteiger partial charge in [-0.1, -0.05) is 109 Å². The Balaban J connectivity index is 1.63. The molecule has 3 amide bonds. The van der Waals surface area contributed by atoms with E-state index in [0.717, 1.165) is 27.5 Å². The molecule has 7 heteroatoms. The third-order valence-electron chi connectivity index (χ3n) is 7.95. The average molecular weight is 605 g/mol. The Morgan fingerprint density at radius 1 is 0.733 bits per heavy atom. The molecule has 0 fully saturated rings. The van der Waals surface area contributed by atoms with Crippen molar-refractivity contribution in [3.8, 4) is 0 Å². The van der Waals surface area contributed by atoms with Crippen LogP contribution in [0.3, 0.4) is 0 Å². The molecule has 4 aromatic carbocycles. The summed E-state index contributed by atoms with van der Waals surface area (Å²) in [5.74, 6) is -0.885. The summed E-state index contributed by atoms with van der Waals surface area (Å²) >= 11 is 0. The average Bonchev–Trinajstić information content (AvgIpc) is 3.04. The van der Waals surface area contributed by atoms with Gasteiger partial charge in [0, 0.05) is 39.0 Å². The van der Waals surface area contributed by atoms with E-state index in [1.165, 1.54) is 15.9 Å². The number of fused-ring (bicyclic) bond motifs is 1. The number of nitrogens with zero attached hydrogens (tertiary/aromatic N) is 2. The molecule has 4 rings (SSSR count). The molecule has 0 radical (unpaired) electrons. The topological polar surface area (TPSA) is 95.7 Å². The highest BCUT2D eigenvalue weighted by molar-refractivity contribution is 5.95. The summed E-state index contributed by atoms with van der Waals surface area (Å²) in [5.41, 5.74) is 8.45. The number of amides is 3. The summed E-state index contributed by atoms with van der Waals surface area (Å²) in [6.07, 6.45) is 4.35. The van der Waals surface area contributed by atoms with Crippen LogP contribution in [0.15, 0.2) is 115 Å². The van der Waals surface area contributed by atoms with Crippen molar-refractivity contribution in [3.05, 3.63) is 132 Å². The molecule has 0 aromatic heterocycles. The second-order valence-electron chi connectivity index (χ2n) is 12.3. The van der Waals surface area contributed by atoms with E-state index in [2.05, 4.69) is 11.4 Å². The molecule has 2 atom stereocenters. The first-order valence-corrected chi connectivity index (χ1v) is 15.3. The molecule has 7 nitrogen and oxygen atoms in total. The lowest BCUT2D eigenvalue weighted by atomic mass is 9.98. The highest BCUT2D eigenvalue weighted by Gasteiger charge is 2.34. The van der Waals surface area contributed by atoms with Crippen LogP contribution in [-0.2, 0) is 33.8 Å². The Morgan fingerprint density at radius 2 is 1.31 bits per heavy atom. The van der Waals surface area contributed by atoms with Crippen molar-refractivity contribution in [3.63, 3.8) is 0 Å². The van der Waals surface area contributed by atoms with Crippen molar-refractivity contribution in [1.82, 2.24) is 15.1 Å². The van der Waals surface area contributed by atoms with Crippen LogP contribution in [0, 0.1) is 0 Å². The number of carbonyl (C=O) groups excluding carboxylic acids is 3. The zero-order valence-corrected chi connectivity index (χ0v) is 26.6. The monoisotopic (exact) mass is 604 g/mol. The Bertz CT molecular complexity index is 1610. The van der Waals surface area contributed by atoms with Crippen LogP contribution in [0.1, 0.15) is 37.0 Å². The molecule has 0 heterocycles. The van der Waals surface area contributed by atoms with E-state index in [0.29, 0.717) is 19.4 Å². The molecule has 0 saturated heterocycles. The molecule has 0 spiro atoms. The van der Waals surface area contributed by atoms with Gasteiger partial charge in [0.2, 0.25) is 17.7 Å². The second-order valence-corrected chi connectivity index (χ2v) is 12.3. The largest absolute Gasteiger partial charge is 0.350 e. The van der Waals surface area contributed by atoms with Gasteiger partial charge in [-0.2, -0.15) is 0 Å². The minimum atomic E-state index is -0.848. The first-order valence-electron chi connectivity index (χ1n) is 15.3. The first-order chi connectivity index (χ1) is 21.5. The van der Waals surface area contributed by atoms with Crippen LogP contribution < -0.4 is 11.1 Å². The zero-order chi connectivity index (χ0) is 32.4. The van der Waals surface area contributed by atoms with Crippen molar-refractivity contribution < 1.29 is 14.4 Å². The van der Waals surface area contributed by atoms with Gasteiger partial charge < -0.3 is 20.9 Å². The van der Waals surface area contributed by atoms with Gasteiger partial charge in [0.05, 0.1) is 0 Å². The molecule has 0 saturated carbocycles. The molecule has 0 aliphatic rings. The summed E-state index contributed by atoms with van der Waals surface area (Å²) in [5, 5.41) is 5.17. The SMILES string of the molecule is CN(C(=O)C=CCC(C)(C)N)[C@H](Cc1ccc2ccccc2c1)C(=O)N(C)[C@H](Cc1ccccc1)C(=O)NCc1ccccc1. The fraction of sp³-hybridized carbons (Fsp3) is 0.289. The molecule has 3 N–H and O–H groups in total. The lowest BCUT2D eigenvalue weighted by Crippen LogP contribution is -2.55. The number of likely N-dealkylation sites (N-methyl/N-ethyl adjacent to an activating group) is 2. The molecule has 0 aliphatic carbocycles. The van der Waals surface area contributed by atoms with E-state index in [1.807, 2.05) is 111 Å². The number of hydrogen-bond donors (Lipinski definition) is 2. The smallest absolute Gasteiger partial charge is 0.246 e. The number of rotatable bonds is 13. The van der Waals surface area contributed by atoms with Gasteiger partial charge in [0.25, 0.3) is 0 Å². The third-order valence-corrected chi connectivity index (χ3v) is 7.95. The highest BCUT2D eigenvalue weighted by atomic mass is 16.2. The van der Waals surface area contributed by atoms with Crippen LogP contribution in [0.5, 0.6) is 0 Å². The maximum absolute atomic E-state index is 14.4. The summed E-state index contributed by atoms with van der Waals surface area (Å²) in [4.78, 5) is 44.5. The minimum absolute atomic E-state index is 0.262. The van der Waals surface area contributed by atoms with Crippen molar-refractivity contribution in [1.29, 1.82) is 0 Å². The van der Waals surface area contributed by atoms with E-state index in [1.54, 1.807) is 20.2 Å². The molecular weight excluding hydrogens is 560 g/mol. The van der Waals surface area contributed by atoms with Crippen molar-refractivity contribution in [2.75, 3.05) is 14.1 Å². The summed E-state index contributed by atoms with van der Waals surface area (Å²) < 4.78 is 0. The third kappa shape index (κ3) is 9.62. The van der Waals surface area contributed by atoms with Crippen molar-refractivity contribution >= 4 is 28.5 Å². The fourth-order valence-corrected chi connectivity index (χ4v) is 5.25. The zero-order valence-electron chi connectivity index (χ0n) is 26.6. The van der Waals surface area contributed by atoms with Gasteiger partial charge in [-0.05, 0) is 53.8 Å². The van der Waals surface area contributed by atoms with Gasteiger partial charge in [-0.25, -0.2) is 0 Å². The molecular formula is C38H44N4O3. The van der Waals surface area contributed by atoms with E-state index in [-0.39, 0.29) is 24.1 Å². The molecule has 45 heavy (non-hydrogen) atoms. The number of hydrogen-bond acceptors (Lipinski definition) is 4. The quantitative estimate of drug-likeness (QED) is 0.203. The molecule has 234 valence electrons. The number of benzene rings is 4. The number of carbonyl (C=O) groups is 3. The summed E-state index contributed by atoms with van der Waals surface area (Å²) in [6, 6.07) is 31.8. The van der Waals surface area contributed by atoms with Crippen molar-refractivity contribution in [2.24, 2.45) is 5.73 Å². The Kier molecular flexibility index (Phi) is 11.3. The maximum atomic E-state index is 14.4. The van der Waals surface area contributed by atoms with Crippen molar-refractivity contribution in [2.45, 2.75) is 57.3 Å². The lowest BCUT2D eigenvalue weighted by Gasteiger charge is -2.34. The fourth-order valence-electron chi connectivity index (χ4n) is 5.25. The van der Waals surface area contributed by atoms with Gasteiger partial charge in [-0.15, -0.1) is 0 Å². The minimum Gasteiger partial charge on any atom is -0.350 e. The van der Waals surface area contributed by atoms with E-state index in [9.17, 15) is 14.4 Å². The van der Waals surface area contributed by atoms with Crippen LogP contribution in [0.4, 0.5) is 0 Å². The second kappa shape index (κ2) is 15.3. The Morgan fingerprint density at radius 3 is 1.96 bits per heavy atom. The summed E-state index contributed by atoms with van der Waals surface area (Å²) in [6.45, 7) is 4.12. The summed E-state index contributed by atoms with van der Waals surface area (Å²) in [7, 11) is 3.29. The van der Waals surface area contributed by atoms with Crippen LogP contribution in [0.25, 0.3) is 10.8 Å². The normalized spacial score (nSPS) is 12.9. The predicted molar refractivity (Wildman–Crippen MR) is 181 cm³/mol. The van der Waals surface area contributed by atoms with Gasteiger partial charge in [0.1, 0.15) is 12.1 Å². The van der Waals surface area contributed by atoms with Gasteiger partial charge in [0.15, 0.2) is 0 Å². The Labute approximate surface area is 266 Å². The van der Waals surface area contributed by atoms with E-state index in [4.69, 9.17) is 5.73 Å². The van der Waals surface area contributed by atoms with E-state index < -0.39 is 17.6 Å². The van der Waals surface area contributed by atoms with Crippen LogP contribution in [0.2, 0.25) is 0 Å². The molecule has 0 bridgehead atoms. The van der Waals surface area contributed by atoms with Gasteiger partial charge >= 0.3 is 0 Å². The first kappa shape index (κ1) is 33.1. The standard InChI is InChI=1S/C38H44N4O3/c1-38(2,39)23-13-20-35(43)41(3)34(26-30-21-22-31-18-11-12-19-32(31)24-30)37(45)42(4)33(25-28-14-7-5-8-15-28)36(44)40-27-29-16-9-6-10-17-29/h5-22,24,33-34H,23,25-27,39H2,1-4H3,(H,40,44)/t33-,34-/m1/s1. The number of nitrogens with two attached hydrogens (primary N) is 1. The maximum Gasteiger partial charge on any atom is 0.246 e. The van der Waals surface area contributed by atoms with Gasteiger partial charge in [-0.3, -0.25) is 14.4 Å². The predicted octanol–water partition coefficient (Wildman–Crippen LogP) is 5.28. The highest BCUT2D eigenvalue weighted by Crippen LogP contribution is 2.20. The molecule has 0 unspecified atom stereocenters. The Hall–Kier alpha value is -4.75.